The van der Waals surface area contributed by atoms with Gasteiger partial charge in [-0.2, -0.15) is 8.78 Å². The molecule has 2 aromatic carbocycles. The van der Waals surface area contributed by atoms with Crippen molar-refractivity contribution in [1.82, 2.24) is 0 Å². The Morgan fingerprint density at radius 3 is 2.73 bits per heavy atom. The van der Waals surface area contributed by atoms with Crippen molar-refractivity contribution in [3.63, 3.8) is 0 Å². The van der Waals surface area contributed by atoms with Crippen LogP contribution in [0.5, 0.6) is 5.75 Å². The molecule has 0 aliphatic carbocycles. The van der Waals surface area contributed by atoms with Gasteiger partial charge in [0, 0.05) is 17.0 Å². The molecule has 0 saturated heterocycles. The predicted octanol–water partition coefficient (Wildman–Crippen LogP) is 4.06. The minimum atomic E-state index is -2.99. The number of rotatable bonds is 5. The molecule has 0 fully saturated rings. The van der Waals surface area contributed by atoms with E-state index in [2.05, 4.69) is 4.74 Å². The molecule has 26 heavy (non-hydrogen) atoms. The molecule has 7 heteroatoms. The summed E-state index contributed by atoms with van der Waals surface area (Å²) in [4.78, 5) is 23.8. The quantitative estimate of drug-likeness (QED) is 0.507. The molecule has 0 aliphatic heterocycles. The summed E-state index contributed by atoms with van der Waals surface area (Å²) in [5, 5.41) is 0.651. The first-order valence-electron chi connectivity index (χ1n) is 7.68. The number of carbonyl (C=O) groups excluding carboxylic acids is 1. The Kier molecular flexibility index (Phi) is 4.97. The van der Waals surface area contributed by atoms with Crippen molar-refractivity contribution in [2.75, 3.05) is 0 Å². The molecule has 1 heterocycles. The highest BCUT2D eigenvalue weighted by atomic mass is 19.3. The summed E-state index contributed by atoms with van der Waals surface area (Å²) in [7, 11) is 0. The van der Waals surface area contributed by atoms with E-state index in [1.165, 1.54) is 24.3 Å². The maximum atomic E-state index is 12.3. The molecule has 0 saturated carbocycles. The third-order valence-electron chi connectivity index (χ3n) is 3.64. The molecular weight excluding hydrogens is 346 g/mol. The first-order chi connectivity index (χ1) is 12.4. The largest absolute Gasteiger partial charge is 0.457 e. The zero-order valence-corrected chi connectivity index (χ0v) is 13.7. The maximum absolute atomic E-state index is 12.3. The smallest absolute Gasteiger partial charge is 0.387 e. The van der Waals surface area contributed by atoms with E-state index < -0.39 is 18.2 Å². The van der Waals surface area contributed by atoms with E-state index in [9.17, 15) is 18.4 Å². The summed E-state index contributed by atoms with van der Waals surface area (Å²) >= 11 is 0. The molecule has 0 spiro atoms. The van der Waals surface area contributed by atoms with Gasteiger partial charge in [0.25, 0.3) is 0 Å². The topological polar surface area (TPSA) is 65.7 Å². The van der Waals surface area contributed by atoms with Gasteiger partial charge in [-0.05, 0) is 36.8 Å². The third-order valence-corrected chi connectivity index (χ3v) is 3.64. The zero-order chi connectivity index (χ0) is 18.7. The standard InChI is InChI=1S/C19H14F2O5/c1-11-5-6-15-13(9-17(22)26-16(15)7-11)10-24-18(23)12-3-2-4-14(8-12)25-19(20)21/h2-9,19H,10H2,1H3. The van der Waals surface area contributed by atoms with E-state index in [-0.39, 0.29) is 17.9 Å². The van der Waals surface area contributed by atoms with Crippen molar-refractivity contribution in [2.45, 2.75) is 20.1 Å². The SMILES string of the molecule is Cc1ccc2c(COC(=O)c3cccc(OC(F)F)c3)cc(=O)oc2c1. The molecule has 0 amide bonds. The molecule has 0 atom stereocenters. The number of hydrogen-bond donors (Lipinski definition) is 0. The zero-order valence-electron chi connectivity index (χ0n) is 13.7. The molecule has 0 bridgehead atoms. The fourth-order valence-electron chi connectivity index (χ4n) is 2.48. The number of hydrogen-bond acceptors (Lipinski definition) is 5. The van der Waals surface area contributed by atoms with Crippen LogP contribution in [0.15, 0.2) is 57.7 Å². The molecule has 1 aromatic heterocycles. The molecule has 0 N–H and O–H groups in total. The van der Waals surface area contributed by atoms with Gasteiger partial charge in [0.15, 0.2) is 0 Å². The van der Waals surface area contributed by atoms with Crippen LogP contribution in [-0.2, 0) is 11.3 Å². The van der Waals surface area contributed by atoms with Gasteiger partial charge < -0.3 is 13.9 Å². The van der Waals surface area contributed by atoms with Crippen molar-refractivity contribution in [3.05, 3.63) is 75.6 Å². The first kappa shape index (κ1) is 17.6. The normalized spacial score (nSPS) is 10.9. The summed E-state index contributed by atoms with van der Waals surface area (Å²) in [6, 6.07) is 11.9. The fraction of sp³-hybridized carbons (Fsp3) is 0.158. The summed E-state index contributed by atoms with van der Waals surface area (Å²) < 4.78 is 39.1. The van der Waals surface area contributed by atoms with Crippen LogP contribution in [0.25, 0.3) is 11.0 Å². The lowest BCUT2D eigenvalue weighted by Gasteiger charge is -2.09. The Morgan fingerprint density at radius 1 is 1.15 bits per heavy atom. The lowest BCUT2D eigenvalue weighted by atomic mass is 10.1. The highest BCUT2D eigenvalue weighted by molar-refractivity contribution is 5.90. The molecule has 0 aliphatic rings. The average molecular weight is 360 g/mol. The van der Waals surface area contributed by atoms with Gasteiger partial charge in [-0.1, -0.05) is 18.2 Å². The Labute approximate surface area is 146 Å². The van der Waals surface area contributed by atoms with E-state index in [0.29, 0.717) is 16.5 Å². The van der Waals surface area contributed by atoms with Gasteiger partial charge in [-0.25, -0.2) is 9.59 Å². The minimum absolute atomic E-state index is 0.0614. The fourth-order valence-corrected chi connectivity index (χ4v) is 2.48. The van der Waals surface area contributed by atoms with Crippen molar-refractivity contribution in [3.8, 4) is 5.75 Å². The second kappa shape index (κ2) is 7.35. The van der Waals surface area contributed by atoms with Crippen molar-refractivity contribution in [2.24, 2.45) is 0 Å². The van der Waals surface area contributed by atoms with Gasteiger partial charge in [0.2, 0.25) is 0 Å². The number of esters is 1. The lowest BCUT2D eigenvalue weighted by Crippen LogP contribution is -2.09. The van der Waals surface area contributed by atoms with Crippen LogP contribution in [0, 0.1) is 6.92 Å². The monoisotopic (exact) mass is 360 g/mol. The number of alkyl halides is 2. The van der Waals surface area contributed by atoms with Gasteiger partial charge in [-0.3, -0.25) is 0 Å². The Bertz CT molecular complexity index is 1010. The summed E-state index contributed by atoms with van der Waals surface area (Å²) in [5.74, 6) is -0.867. The van der Waals surface area contributed by atoms with Gasteiger partial charge in [0.1, 0.15) is 17.9 Å². The number of benzene rings is 2. The number of fused-ring (bicyclic) bond motifs is 1. The van der Waals surface area contributed by atoms with Crippen molar-refractivity contribution in [1.29, 1.82) is 0 Å². The molecule has 3 aromatic rings. The predicted molar refractivity (Wildman–Crippen MR) is 89.4 cm³/mol. The second-order valence-corrected chi connectivity index (χ2v) is 5.57. The van der Waals surface area contributed by atoms with Crippen molar-refractivity contribution < 1.29 is 27.5 Å². The molecule has 134 valence electrons. The highest BCUT2D eigenvalue weighted by Crippen LogP contribution is 2.21. The van der Waals surface area contributed by atoms with Crippen LogP contribution in [0.3, 0.4) is 0 Å². The average Bonchev–Trinajstić information content (AvgIpc) is 2.58. The van der Waals surface area contributed by atoms with Crippen molar-refractivity contribution >= 4 is 16.9 Å². The summed E-state index contributed by atoms with van der Waals surface area (Å²) in [6.45, 7) is -1.29. The Balaban J connectivity index is 1.80. The summed E-state index contributed by atoms with van der Waals surface area (Å²) in [6.07, 6.45) is 0. The Morgan fingerprint density at radius 2 is 1.96 bits per heavy atom. The van der Waals surface area contributed by atoms with Crippen LogP contribution in [0.4, 0.5) is 8.78 Å². The number of ether oxygens (including phenoxy) is 2. The van der Waals surface area contributed by atoms with E-state index in [1.54, 1.807) is 12.1 Å². The summed E-state index contributed by atoms with van der Waals surface area (Å²) in [5.41, 5.74) is 1.32. The van der Waals surface area contributed by atoms with E-state index >= 15 is 0 Å². The highest BCUT2D eigenvalue weighted by Gasteiger charge is 2.13. The number of halogens is 2. The van der Waals surface area contributed by atoms with Crippen LogP contribution >= 0.6 is 0 Å². The van der Waals surface area contributed by atoms with Crippen LogP contribution in [0.2, 0.25) is 0 Å². The van der Waals surface area contributed by atoms with Crippen LogP contribution in [0.1, 0.15) is 21.5 Å². The molecule has 3 rings (SSSR count). The molecule has 0 radical (unpaired) electrons. The number of aryl methyl sites for hydroxylation is 1. The van der Waals surface area contributed by atoms with E-state index in [1.807, 2.05) is 13.0 Å². The van der Waals surface area contributed by atoms with Gasteiger partial charge in [0.05, 0.1) is 5.56 Å². The lowest BCUT2D eigenvalue weighted by molar-refractivity contribution is -0.0499. The third kappa shape index (κ3) is 4.05. The Hall–Kier alpha value is -3.22. The van der Waals surface area contributed by atoms with Gasteiger partial charge >= 0.3 is 18.2 Å². The molecule has 5 nitrogen and oxygen atoms in total. The maximum Gasteiger partial charge on any atom is 0.387 e. The minimum Gasteiger partial charge on any atom is -0.457 e. The molecular formula is C19H14F2O5. The van der Waals surface area contributed by atoms with Crippen LogP contribution < -0.4 is 10.4 Å². The molecule has 0 unspecified atom stereocenters. The van der Waals surface area contributed by atoms with E-state index in [4.69, 9.17) is 9.15 Å². The second-order valence-electron chi connectivity index (χ2n) is 5.57. The van der Waals surface area contributed by atoms with E-state index in [0.717, 1.165) is 11.6 Å². The van der Waals surface area contributed by atoms with Crippen LogP contribution in [-0.4, -0.2) is 12.6 Å². The first-order valence-corrected chi connectivity index (χ1v) is 7.68. The number of carbonyl (C=O) groups is 1. The van der Waals surface area contributed by atoms with Gasteiger partial charge in [-0.15, -0.1) is 0 Å².